The molecular formula is C13H23NO4. The molecule has 1 aliphatic carbocycles. The Balaban J connectivity index is 2.20. The number of ether oxygens (including phenoxy) is 1. The summed E-state index contributed by atoms with van der Waals surface area (Å²) in [5, 5.41) is 11.8. The highest BCUT2D eigenvalue weighted by atomic mass is 16.5. The lowest BCUT2D eigenvalue weighted by Crippen LogP contribution is -2.38. The molecule has 2 N–H and O–H groups in total. The zero-order valence-corrected chi connectivity index (χ0v) is 11.1. The molecule has 1 fully saturated rings. The van der Waals surface area contributed by atoms with E-state index in [0.29, 0.717) is 25.7 Å². The van der Waals surface area contributed by atoms with Crippen LogP contribution in [0.3, 0.4) is 0 Å². The van der Waals surface area contributed by atoms with E-state index >= 15 is 0 Å². The van der Waals surface area contributed by atoms with Crippen molar-refractivity contribution in [2.45, 2.75) is 57.6 Å². The first-order valence-corrected chi connectivity index (χ1v) is 6.58. The van der Waals surface area contributed by atoms with Crippen LogP contribution in [0.25, 0.3) is 0 Å². The fourth-order valence-corrected chi connectivity index (χ4v) is 2.24. The largest absolute Gasteiger partial charge is 0.481 e. The third kappa shape index (κ3) is 5.04. The van der Waals surface area contributed by atoms with Crippen molar-refractivity contribution in [3.05, 3.63) is 0 Å². The van der Waals surface area contributed by atoms with Gasteiger partial charge in [-0.25, -0.2) is 0 Å². The molecule has 104 valence electrons. The second-order valence-electron chi connectivity index (χ2n) is 5.04. The maximum atomic E-state index is 11.7. The molecule has 1 unspecified atom stereocenters. The number of rotatable bonds is 6. The summed E-state index contributed by atoms with van der Waals surface area (Å²) in [4.78, 5) is 22.5. The lowest BCUT2D eigenvalue weighted by molar-refractivity contribution is -0.142. The highest BCUT2D eigenvalue weighted by Crippen LogP contribution is 2.24. The van der Waals surface area contributed by atoms with Crippen LogP contribution in [0.1, 0.15) is 45.4 Å². The Morgan fingerprint density at radius 2 is 1.94 bits per heavy atom. The van der Waals surface area contributed by atoms with Gasteiger partial charge in [-0.2, -0.15) is 0 Å². The predicted octanol–water partition coefficient (Wildman–Crippen LogP) is 1.56. The van der Waals surface area contributed by atoms with Crippen LogP contribution < -0.4 is 5.32 Å². The Morgan fingerprint density at radius 1 is 1.33 bits per heavy atom. The number of methoxy groups -OCH3 is 1. The smallest absolute Gasteiger partial charge is 0.306 e. The van der Waals surface area contributed by atoms with Crippen LogP contribution in [0.2, 0.25) is 0 Å². The summed E-state index contributed by atoms with van der Waals surface area (Å²) in [7, 11) is 1.63. The molecule has 0 heterocycles. The average molecular weight is 257 g/mol. The lowest BCUT2D eigenvalue weighted by Gasteiger charge is -2.26. The number of amides is 1. The molecule has 0 aliphatic heterocycles. The van der Waals surface area contributed by atoms with Gasteiger partial charge < -0.3 is 15.2 Å². The molecule has 0 aromatic heterocycles. The quantitative estimate of drug-likeness (QED) is 0.757. The van der Waals surface area contributed by atoms with Gasteiger partial charge in [0.05, 0.1) is 12.0 Å². The summed E-state index contributed by atoms with van der Waals surface area (Å²) < 4.78 is 5.09. The molecule has 1 amide bonds. The van der Waals surface area contributed by atoms with Crippen LogP contribution in [-0.4, -0.2) is 36.2 Å². The van der Waals surface area contributed by atoms with E-state index in [1.807, 2.05) is 6.92 Å². The molecule has 5 nitrogen and oxygen atoms in total. The van der Waals surface area contributed by atoms with Gasteiger partial charge in [0.15, 0.2) is 0 Å². The zero-order chi connectivity index (χ0) is 13.5. The van der Waals surface area contributed by atoms with E-state index in [0.717, 1.165) is 12.8 Å². The molecule has 0 aromatic rings. The van der Waals surface area contributed by atoms with Gasteiger partial charge >= 0.3 is 5.97 Å². The number of carboxylic acid groups (broad SMARTS) is 1. The Bertz CT molecular complexity index is 285. The highest BCUT2D eigenvalue weighted by Gasteiger charge is 2.26. The van der Waals surface area contributed by atoms with Gasteiger partial charge in [-0.1, -0.05) is 0 Å². The molecule has 1 aliphatic rings. The molecule has 0 saturated heterocycles. The van der Waals surface area contributed by atoms with Crippen molar-refractivity contribution in [1.82, 2.24) is 5.32 Å². The number of carbonyl (C=O) groups is 2. The van der Waals surface area contributed by atoms with Gasteiger partial charge in [0.2, 0.25) is 5.91 Å². The van der Waals surface area contributed by atoms with Gasteiger partial charge in [-0.05, 0) is 39.0 Å². The summed E-state index contributed by atoms with van der Waals surface area (Å²) in [5.41, 5.74) is 0. The number of nitrogens with one attached hydrogen (secondary N) is 1. The minimum absolute atomic E-state index is 0.0395. The first-order valence-electron chi connectivity index (χ1n) is 6.58. The minimum Gasteiger partial charge on any atom is -0.481 e. The number of hydrogen-bond acceptors (Lipinski definition) is 3. The molecular weight excluding hydrogens is 234 g/mol. The number of carbonyl (C=O) groups excluding carboxylic acids is 1. The second kappa shape index (κ2) is 7.36. The lowest BCUT2D eigenvalue weighted by atomic mass is 9.86. The Morgan fingerprint density at radius 3 is 2.44 bits per heavy atom. The van der Waals surface area contributed by atoms with Crippen LogP contribution >= 0.6 is 0 Å². The molecule has 0 bridgehead atoms. The Kier molecular flexibility index (Phi) is 6.12. The van der Waals surface area contributed by atoms with Crippen molar-refractivity contribution < 1.29 is 19.4 Å². The van der Waals surface area contributed by atoms with Crippen molar-refractivity contribution in [3.8, 4) is 0 Å². The van der Waals surface area contributed by atoms with Crippen LogP contribution in [0.4, 0.5) is 0 Å². The zero-order valence-electron chi connectivity index (χ0n) is 11.1. The van der Waals surface area contributed by atoms with Crippen LogP contribution in [0.15, 0.2) is 0 Å². The predicted molar refractivity (Wildman–Crippen MR) is 67.2 cm³/mol. The third-order valence-electron chi connectivity index (χ3n) is 3.62. The molecule has 18 heavy (non-hydrogen) atoms. The summed E-state index contributed by atoms with van der Waals surface area (Å²) >= 11 is 0. The van der Waals surface area contributed by atoms with Crippen molar-refractivity contribution in [3.63, 3.8) is 0 Å². The molecule has 1 rings (SSSR count). The van der Waals surface area contributed by atoms with Gasteiger partial charge in [-0.3, -0.25) is 9.59 Å². The minimum atomic E-state index is -0.714. The van der Waals surface area contributed by atoms with Gasteiger partial charge in [0.25, 0.3) is 0 Å². The van der Waals surface area contributed by atoms with Crippen molar-refractivity contribution in [2.24, 2.45) is 5.92 Å². The van der Waals surface area contributed by atoms with E-state index < -0.39 is 5.97 Å². The van der Waals surface area contributed by atoms with Crippen molar-refractivity contribution in [2.75, 3.05) is 7.11 Å². The molecule has 5 heteroatoms. The summed E-state index contributed by atoms with van der Waals surface area (Å²) in [5.74, 6) is -0.905. The maximum Gasteiger partial charge on any atom is 0.306 e. The van der Waals surface area contributed by atoms with E-state index in [4.69, 9.17) is 9.84 Å². The van der Waals surface area contributed by atoms with E-state index in [1.54, 1.807) is 7.11 Å². The van der Waals surface area contributed by atoms with Crippen molar-refractivity contribution in [1.29, 1.82) is 0 Å². The SMILES string of the molecule is COC(C)CCC(=O)NC1CCC(C(=O)O)CC1. The topological polar surface area (TPSA) is 75.6 Å². The monoisotopic (exact) mass is 257 g/mol. The van der Waals surface area contributed by atoms with Gasteiger partial charge in [-0.15, -0.1) is 0 Å². The molecule has 0 aromatic carbocycles. The number of carboxylic acids is 1. The summed E-state index contributed by atoms with van der Waals surface area (Å²) in [6.45, 7) is 1.94. The molecule has 0 radical (unpaired) electrons. The Labute approximate surface area is 108 Å². The standard InChI is InChI=1S/C13H23NO4/c1-9(18-2)3-8-12(15)14-11-6-4-10(5-7-11)13(16)17/h9-11H,3-8H2,1-2H3,(H,14,15)(H,16,17). The second-order valence-corrected chi connectivity index (χ2v) is 5.04. The molecule has 1 atom stereocenters. The Hall–Kier alpha value is -1.10. The fourth-order valence-electron chi connectivity index (χ4n) is 2.24. The van der Waals surface area contributed by atoms with Crippen LogP contribution in [0.5, 0.6) is 0 Å². The first kappa shape index (κ1) is 15.0. The first-order chi connectivity index (χ1) is 8.52. The average Bonchev–Trinajstić information content (AvgIpc) is 2.36. The number of hydrogen-bond donors (Lipinski definition) is 2. The highest BCUT2D eigenvalue weighted by molar-refractivity contribution is 5.76. The van der Waals surface area contributed by atoms with Gasteiger partial charge in [0, 0.05) is 19.6 Å². The molecule has 1 saturated carbocycles. The van der Waals surface area contributed by atoms with E-state index in [1.165, 1.54) is 0 Å². The van der Waals surface area contributed by atoms with Gasteiger partial charge in [0.1, 0.15) is 0 Å². The maximum absolute atomic E-state index is 11.7. The third-order valence-corrected chi connectivity index (χ3v) is 3.62. The summed E-state index contributed by atoms with van der Waals surface area (Å²) in [6, 6.07) is 0.144. The summed E-state index contributed by atoms with van der Waals surface area (Å²) in [6.07, 6.45) is 4.13. The number of aliphatic carboxylic acids is 1. The fraction of sp³-hybridized carbons (Fsp3) is 0.846. The van der Waals surface area contributed by atoms with E-state index in [2.05, 4.69) is 5.32 Å². The van der Waals surface area contributed by atoms with Crippen LogP contribution in [-0.2, 0) is 14.3 Å². The van der Waals surface area contributed by atoms with Crippen molar-refractivity contribution >= 4 is 11.9 Å². The van der Waals surface area contributed by atoms with E-state index in [9.17, 15) is 9.59 Å². The van der Waals surface area contributed by atoms with E-state index in [-0.39, 0.29) is 24.0 Å². The van der Waals surface area contributed by atoms with Crippen LogP contribution in [0, 0.1) is 5.92 Å². The molecule has 0 spiro atoms. The normalized spacial score (nSPS) is 25.4.